The van der Waals surface area contributed by atoms with Gasteiger partial charge in [0.1, 0.15) is 11.6 Å². The zero-order chi connectivity index (χ0) is 34.8. The number of aromatic amines is 2. The number of rotatable bonds is 12. The van der Waals surface area contributed by atoms with Gasteiger partial charge in [-0.3, -0.25) is 4.79 Å². The molecule has 0 unspecified atom stereocenters. The summed E-state index contributed by atoms with van der Waals surface area (Å²) < 4.78 is 0. The molecule has 1 amide bonds. The van der Waals surface area contributed by atoms with Gasteiger partial charge in [0.2, 0.25) is 5.91 Å². The number of imidazole rings is 2. The van der Waals surface area contributed by atoms with Crippen LogP contribution in [-0.4, -0.2) is 57.6 Å². The van der Waals surface area contributed by atoms with Crippen LogP contribution in [0.15, 0.2) is 60.9 Å². The van der Waals surface area contributed by atoms with E-state index in [1.54, 1.807) is 7.05 Å². The Morgan fingerprint density at radius 3 is 1.43 bits per heavy atom. The monoisotopic (exact) mass is 640 g/mol. The highest BCUT2D eigenvalue weighted by atomic mass is 16.2. The van der Waals surface area contributed by atoms with Gasteiger partial charge in [0.05, 0.1) is 29.0 Å². The fraction of sp³-hybridized carbons (Fsp3) is 0.500. The van der Waals surface area contributed by atoms with Gasteiger partial charge in [-0.1, -0.05) is 90.1 Å². The highest BCUT2D eigenvalue weighted by Crippen LogP contribution is 2.35. The molecule has 2 atom stereocenters. The van der Waals surface area contributed by atoms with Gasteiger partial charge in [0, 0.05) is 35.6 Å². The molecular formula is C38H56N8O. The van der Waals surface area contributed by atoms with Crippen molar-refractivity contribution in [1.82, 2.24) is 41.2 Å². The lowest BCUT2D eigenvalue weighted by atomic mass is 9.85. The molecule has 47 heavy (non-hydrogen) atoms. The molecule has 0 saturated heterocycles. The number of nitrogens with one attached hydrogen (secondary N) is 6. The lowest BCUT2D eigenvalue weighted by molar-refractivity contribution is -0.127. The summed E-state index contributed by atoms with van der Waals surface area (Å²) in [5.74, 6) is 1.61. The number of benzene rings is 2. The summed E-state index contributed by atoms with van der Waals surface area (Å²) in [6.07, 6.45) is 3.91. The summed E-state index contributed by atoms with van der Waals surface area (Å²) in [6.45, 7) is 21.9. The number of likely N-dealkylation sites (N-methyl/N-ethyl adjacent to an activating group) is 2. The Morgan fingerprint density at radius 1 is 0.638 bits per heavy atom. The Kier molecular flexibility index (Phi) is 10.5. The molecule has 0 aliphatic carbocycles. The SMILES string of the molecule is CNC(C)(C)CN[C@H](c1nc(-c2ccc(-c3ccc(-c4c[nH]c([C@@H](NC(=O)C(C)(C)NC)C(C)(C)C)n4)cc3)cc2)c[nH]1)C(C)(C)C. The first-order chi connectivity index (χ1) is 21.8. The molecule has 0 spiro atoms. The van der Waals surface area contributed by atoms with Crippen LogP contribution in [0.1, 0.15) is 93.0 Å². The second kappa shape index (κ2) is 13.7. The average Bonchev–Trinajstić information content (AvgIpc) is 3.69. The topological polar surface area (TPSA) is 123 Å². The fourth-order valence-corrected chi connectivity index (χ4v) is 5.31. The van der Waals surface area contributed by atoms with Gasteiger partial charge >= 0.3 is 0 Å². The molecule has 2 heterocycles. The minimum Gasteiger partial charge on any atom is -0.347 e. The van der Waals surface area contributed by atoms with E-state index in [9.17, 15) is 4.79 Å². The van der Waals surface area contributed by atoms with Crippen molar-refractivity contribution in [3.63, 3.8) is 0 Å². The lowest BCUT2D eigenvalue weighted by Crippen LogP contribution is -2.53. The van der Waals surface area contributed by atoms with Crippen LogP contribution < -0.4 is 21.3 Å². The first-order valence-corrected chi connectivity index (χ1v) is 16.6. The van der Waals surface area contributed by atoms with Crippen molar-refractivity contribution in [2.45, 2.75) is 92.4 Å². The molecule has 4 rings (SSSR count). The predicted octanol–water partition coefficient (Wildman–Crippen LogP) is 7.01. The van der Waals surface area contributed by atoms with Gasteiger partial charge in [-0.2, -0.15) is 0 Å². The summed E-state index contributed by atoms with van der Waals surface area (Å²) >= 11 is 0. The van der Waals surface area contributed by atoms with Gasteiger partial charge in [-0.15, -0.1) is 0 Å². The molecule has 254 valence electrons. The van der Waals surface area contributed by atoms with E-state index in [2.05, 4.69) is 135 Å². The normalized spacial score (nSPS) is 14.2. The van der Waals surface area contributed by atoms with Crippen molar-refractivity contribution in [3.8, 4) is 33.6 Å². The van der Waals surface area contributed by atoms with Crippen LogP contribution in [-0.2, 0) is 4.79 Å². The third-order valence-corrected chi connectivity index (χ3v) is 9.06. The predicted molar refractivity (Wildman–Crippen MR) is 194 cm³/mol. The molecule has 0 aliphatic rings. The summed E-state index contributed by atoms with van der Waals surface area (Å²) in [6, 6.07) is 16.8. The zero-order valence-electron chi connectivity index (χ0n) is 30.4. The Labute approximate surface area is 281 Å². The molecule has 6 N–H and O–H groups in total. The largest absolute Gasteiger partial charge is 0.347 e. The molecule has 0 radical (unpaired) electrons. The molecule has 4 aromatic rings. The van der Waals surface area contributed by atoms with Crippen molar-refractivity contribution in [1.29, 1.82) is 0 Å². The standard InChI is InChI=1S/C38H56N8O/c1-35(2,3)30(43-23-37(7,8)39-11)32-41-21-28(44-32)26-17-13-24(14-18-26)25-15-19-27(20-16-25)29-22-42-33(45-29)31(36(4,5)6)46-34(47)38(9,10)40-12/h13-22,30-31,39-40,43H,23H2,1-12H3,(H,41,44)(H,42,45)(H,46,47)/t30-,31-/m1/s1. The second-order valence-corrected chi connectivity index (χ2v) is 16.0. The minimum atomic E-state index is -0.690. The number of aromatic nitrogens is 4. The fourth-order valence-electron chi connectivity index (χ4n) is 5.31. The lowest BCUT2D eigenvalue weighted by Gasteiger charge is -2.34. The number of hydrogen-bond acceptors (Lipinski definition) is 6. The maximum atomic E-state index is 13.0. The van der Waals surface area contributed by atoms with Crippen LogP contribution in [0.3, 0.4) is 0 Å². The molecule has 9 heteroatoms. The van der Waals surface area contributed by atoms with Gasteiger partial charge in [-0.05, 0) is 63.7 Å². The molecule has 0 fully saturated rings. The Balaban J connectivity index is 1.48. The zero-order valence-corrected chi connectivity index (χ0v) is 30.4. The van der Waals surface area contributed by atoms with Crippen LogP contribution in [0.2, 0.25) is 0 Å². The second-order valence-electron chi connectivity index (χ2n) is 16.0. The van der Waals surface area contributed by atoms with E-state index in [4.69, 9.17) is 9.97 Å². The van der Waals surface area contributed by atoms with Gasteiger partial charge in [0.15, 0.2) is 0 Å². The number of nitrogens with zero attached hydrogens (tertiary/aromatic N) is 2. The number of H-pyrrole nitrogens is 2. The van der Waals surface area contributed by atoms with Crippen molar-refractivity contribution in [2.75, 3.05) is 20.6 Å². The van der Waals surface area contributed by atoms with E-state index >= 15 is 0 Å². The first kappa shape index (κ1) is 36.1. The van der Waals surface area contributed by atoms with Gasteiger partial charge in [0.25, 0.3) is 0 Å². The molecular weight excluding hydrogens is 584 g/mol. The number of amides is 1. The van der Waals surface area contributed by atoms with E-state index in [0.717, 1.165) is 51.8 Å². The Hall–Kier alpha value is -3.79. The highest BCUT2D eigenvalue weighted by molar-refractivity contribution is 5.85. The molecule has 2 aromatic heterocycles. The van der Waals surface area contributed by atoms with E-state index in [1.807, 2.05) is 33.3 Å². The maximum absolute atomic E-state index is 13.0. The van der Waals surface area contributed by atoms with Crippen LogP contribution >= 0.6 is 0 Å². The molecule has 0 aliphatic heterocycles. The van der Waals surface area contributed by atoms with Crippen molar-refractivity contribution in [2.24, 2.45) is 10.8 Å². The summed E-state index contributed by atoms with van der Waals surface area (Å²) in [7, 11) is 3.78. The number of carbonyl (C=O) groups excluding carboxylic acids is 1. The molecule has 0 saturated carbocycles. The third kappa shape index (κ3) is 8.77. The summed E-state index contributed by atoms with van der Waals surface area (Å²) in [4.78, 5) is 29.7. The Bertz CT molecular complexity index is 1620. The highest BCUT2D eigenvalue weighted by Gasteiger charge is 2.35. The molecule has 9 nitrogen and oxygen atoms in total. The van der Waals surface area contributed by atoms with Gasteiger partial charge < -0.3 is 31.2 Å². The number of hydrogen-bond donors (Lipinski definition) is 6. The van der Waals surface area contributed by atoms with Gasteiger partial charge in [-0.25, -0.2) is 9.97 Å². The quantitative estimate of drug-likeness (QED) is 0.0991. The van der Waals surface area contributed by atoms with Crippen molar-refractivity contribution < 1.29 is 4.79 Å². The van der Waals surface area contributed by atoms with E-state index in [1.165, 1.54) is 0 Å². The van der Waals surface area contributed by atoms with Crippen LogP contribution in [0.5, 0.6) is 0 Å². The van der Waals surface area contributed by atoms with Crippen molar-refractivity contribution in [3.05, 3.63) is 72.6 Å². The van der Waals surface area contributed by atoms with Crippen molar-refractivity contribution >= 4 is 5.91 Å². The summed E-state index contributed by atoms with van der Waals surface area (Å²) in [5.41, 5.74) is 5.13. The third-order valence-electron chi connectivity index (χ3n) is 9.06. The Morgan fingerprint density at radius 2 is 1.04 bits per heavy atom. The smallest absolute Gasteiger partial charge is 0.240 e. The van der Waals surface area contributed by atoms with E-state index in [-0.39, 0.29) is 34.4 Å². The average molecular weight is 641 g/mol. The van der Waals surface area contributed by atoms with Crippen LogP contribution in [0, 0.1) is 10.8 Å². The summed E-state index contributed by atoms with van der Waals surface area (Å²) in [5, 5.41) is 13.4. The minimum absolute atomic E-state index is 0.0137. The van der Waals surface area contributed by atoms with E-state index in [0.29, 0.717) is 0 Å². The molecule has 0 bridgehead atoms. The van der Waals surface area contributed by atoms with E-state index < -0.39 is 5.54 Å². The first-order valence-electron chi connectivity index (χ1n) is 16.6. The van der Waals surface area contributed by atoms with Crippen LogP contribution in [0.4, 0.5) is 0 Å². The molecule has 2 aromatic carbocycles. The van der Waals surface area contributed by atoms with Crippen LogP contribution in [0.25, 0.3) is 33.6 Å². The number of carbonyl (C=O) groups is 1. The maximum Gasteiger partial charge on any atom is 0.240 e.